The van der Waals surface area contributed by atoms with Gasteiger partial charge in [0.15, 0.2) is 0 Å². The van der Waals surface area contributed by atoms with E-state index in [4.69, 9.17) is 0 Å². The average molecular weight is 231 g/mol. The summed E-state index contributed by atoms with van der Waals surface area (Å²) in [7, 11) is 0. The molecular formula is C15H21NO. The summed E-state index contributed by atoms with van der Waals surface area (Å²) in [6, 6.07) is 6.33. The zero-order chi connectivity index (χ0) is 12.6. The van der Waals surface area contributed by atoms with Gasteiger partial charge in [0, 0.05) is 12.2 Å². The number of fused-ring (bicyclic) bond motifs is 1. The lowest BCUT2D eigenvalue weighted by Crippen LogP contribution is -2.36. The van der Waals surface area contributed by atoms with E-state index in [1.165, 1.54) is 11.1 Å². The Bertz CT molecular complexity index is 448. The Labute approximate surface area is 104 Å². The van der Waals surface area contributed by atoms with Crippen LogP contribution in [0, 0.1) is 6.92 Å². The predicted molar refractivity (Wildman–Crippen MR) is 71.5 cm³/mol. The van der Waals surface area contributed by atoms with Gasteiger partial charge < -0.3 is 4.90 Å². The first-order valence-electron chi connectivity index (χ1n) is 6.41. The molecule has 1 heterocycles. The number of rotatable bonds is 3. The zero-order valence-electron chi connectivity index (χ0n) is 11.2. The van der Waals surface area contributed by atoms with E-state index in [0.29, 0.717) is 0 Å². The predicted octanol–water partition coefficient (Wildman–Crippen LogP) is 3.42. The molecule has 0 unspecified atom stereocenters. The SMILES string of the molecule is CCCCN1C(=O)C(C)(C)c2cc(C)ccc21. The Morgan fingerprint density at radius 3 is 2.65 bits per heavy atom. The highest BCUT2D eigenvalue weighted by Gasteiger charge is 2.43. The second-order valence-electron chi connectivity index (χ2n) is 5.46. The normalized spacial score (nSPS) is 17.4. The van der Waals surface area contributed by atoms with Crippen LogP contribution in [-0.4, -0.2) is 12.5 Å². The van der Waals surface area contributed by atoms with E-state index in [2.05, 4.69) is 32.0 Å². The quantitative estimate of drug-likeness (QED) is 0.780. The summed E-state index contributed by atoms with van der Waals surface area (Å²) in [5.74, 6) is 0.242. The molecular weight excluding hydrogens is 210 g/mol. The largest absolute Gasteiger partial charge is 0.311 e. The van der Waals surface area contributed by atoms with Gasteiger partial charge in [0.1, 0.15) is 0 Å². The van der Waals surface area contributed by atoms with Crippen molar-refractivity contribution < 1.29 is 4.79 Å². The van der Waals surface area contributed by atoms with Crippen LogP contribution in [0.4, 0.5) is 5.69 Å². The van der Waals surface area contributed by atoms with E-state index in [1.54, 1.807) is 0 Å². The molecule has 0 bridgehead atoms. The number of carbonyl (C=O) groups is 1. The fourth-order valence-electron chi connectivity index (χ4n) is 2.49. The van der Waals surface area contributed by atoms with Crippen LogP contribution in [0.5, 0.6) is 0 Å². The fraction of sp³-hybridized carbons (Fsp3) is 0.533. The highest BCUT2D eigenvalue weighted by atomic mass is 16.2. The van der Waals surface area contributed by atoms with Crippen LogP contribution in [0.15, 0.2) is 18.2 Å². The Hall–Kier alpha value is -1.31. The molecule has 0 spiro atoms. The minimum Gasteiger partial charge on any atom is -0.311 e. The van der Waals surface area contributed by atoms with Gasteiger partial charge in [0.05, 0.1) is 5.41 Å². The van der Waals surface area contributed by atoms with E-state index >= 15 is 0 Å². The van der Waals surface area contributed by atoms with Gasteiger partial charge in [-0.15, -0.1) is 0 Å². The summed E-state index contributed by atoms with van der Waals surface area (Å²) >= 11 is 0. The van der Waals surface area contributed by atoms with Gasteiger partial charge in [-0.2, -0.15) is 0 Å². The highest BCUT2D eigenvalue weighted by molar-refractivity contribution is 6.07. The highest BCUT2D eigenvalue weighted by Crippen LogP contribution is 2.41. The summed E-state index contributed by atoms with van der Waals surface area (Å²) < 4.78 is 0. The monoisotopic (exact) mass is 231 g/mol. The summed E-state index contributed by atoms with van der Waals surface area (Å²) in [6.45, 7) is 9.13. The van der Waals surface area contributed by atoms with Gasteiger partial charge in [0.25, 0.3) is 0 Å². The summed E-state index contributed by atoms with van der Waals surface area (Å²) in [5.41, 5.74) is 3.15. The summed E-state index contributed by atoms with van der Waals surface area (Å²) in [4.78, 5) is 14.4. The standard InChI is InChI=1S/C15H21NO/c1-5-6-9-16-13-8-7-11(2)10-12(13)15(3,4)14(16)17/h7-8,10H,5-6,9H2,1-4H3. The maximum atomic E-state index is 12.4. The molecule has 2 heteroatoms. The molecule has 1 amide bonds. The molecule has 2 rings (SSSR count). The van der Waals surface area contributed by atoms with E-state index in [1.807, 2.05) is 18.7 Å². The Morgan fingerprint density at radius 2 is 2.00 bits per heavy atom. The van der Waals surface area contributed by atoms with Gasteiger partial charge >= 0.3 is 0 Å². The molecule has 17 heavy (non-hydrogen) atoms. The molecule has 0 saturated carbocycles. The minimum atomic E-state index is -0.366. The molecule has 0 aliphatic carbocycles. The number of unbranched alkanes of at least 4 members (excludes halogenated alkanes) is 1. The first-order valence-corrected chi connectivity index (χ1v) is 6.41. The van der Waals surface area contributed by atoms with Crippen molar-refractivity contribution in [3.63, 3.8) is 0 Å². The lowest BCUT2D eigenvalue weighted by atomic mass is 9.85. The lowest BCUT2D eigenvalue weighted by Gasteiger charge is -2.20. The van der Waals surface area contributed by atoms with Gasteiger partial charge in [-0.25, -0.2) is 0 Å². The smallest absolute Gasteiger partial charge is 0.237 e. The van der Waals surface area contributed by atoms with Crippen LogP contribution in [0.2, 0.25) is 0 Å². The first kappa shape index (κ1) is 12.2. The van der Waals surface area contributed by atoms with Gasteiger partial charge in [-0.05, 0) is 38.8 Å². The van der Waals surface area contributed by atoms with Crippen molar-refractivity contribution in [3.05, 3.63) is 29.3 Å². The summed E-state index contributed by atoms with van der Waals surface area (Å²) in [5, 5.41) is 0. The molecule has 2 nitrogen and oxygen atoms in total. The van der Waals surface area contributed by atoms with Crippen LogP contribution in [-0.2, 0) is 10.2 Å². The van der Waals surface area contributed by atoms with Gasteiger partial charge in [-0.3, -0.25) is 4.79 Å². The number of nitrogens with zero attached hydrogens (tertiary/aromatic N) is 1. The number of benzene rings is 1. The Morgan fingerprint density at radius 1 is 1.29 bits per heavy atom. The van der Waals surface area contributed by atoms with Crippen molar-refractivity contribution >= 4 is 11.6 Å². The van der Waals surface area contributed by atoms with Crippen molar-refractivity contribution in [1.82, 2.24) is 0 Å². The van der Waals surface area contributed by atoms with E-state index in [-0.39, 0.29) is 11.3 Å². The third kappa shape index (κ3) is 1.86. The molecule has 0 atom stereocenters. The first-order chi connectivity index (χ1) is 7.98. The van der Waals surface area contributed by atoms with Crippen LogP contribution in [0.25, 0.3) is 0 Å². The number of carbonyl (C=O) groups excluding carboxylic acids is 1. The van der Waals surface area contributed by atoms with Crippen molar-refractivity contribution in [2.24, 2.45) is 0 Å². The van der Waals surface area contributed by atoms with E-state index in [9.17, 15) is 4.79 Å². The molecule has 1 aromatic carbocycles. The molecule has 1 aliphatic rings. The summed E-state index contributed by atoms with van der Waals surface area (Å²) in [6.07, 6.45) is 2.18. The van der Waals surface area contributed by atoms with Crippen molar-refractivity contribution in [3.8, 4) is 0 Å². The molecule has 0 aromatic heterocycles. The van der Waals surface area contributed by atoms with Crippen molar-refractivity contribution in [2.75, 3.05) is 11.4 Å². The molecule has 0 fully saturated rings. The van der Waals surface area contributed by atoms with Gasteiger partial charge in [0.2, 0.25) is 5.91 Å². The number of aryl methyl sites for hydroxylation is 1. The molecule has 0 N–H and O–H groups in total. The van der Waals surface area contributed by atoms with Crippen molar-refractivity contribution in [2.45, 2.75) is 46.0 Å². The van der Waals surface area contributed by atoms with Crippen LogP contribution >= 0.6 is 0 Å². The van der Waals surface area contributed by atoms with E-state index in [0.717, 1.165) is 25.1 Å². The van der Waals surface area contributed by atoms with Crippen LogP contribution in [0.3, 0.4) is 0 Å². The lowest BCUT2D eigenvalue weighted by molar-refractivity contribution is -0.122. The van der Waals surface area contributed by atoms with Crippen LogP contribution in [0.1, 0.15) is 44.7 Å². The second-order valence-corrected chi connectivity index (χ2v) is 5.46. The number of hydrogen-bond donors (Lipinski definition) is 0. The zero-order valence-corrected chi connectivity index (χ0v) is 11.2. The number of hydrogen-bond acceptors (Lipinski definition) is 1. The Kier molecular flexibility index (Phi) is 2.98. The fourth-order valence-corrected chi connectivity index (χ4v) is 2.49. The second kappa shape index (κ2) is 4.17. The molecule has 0 radical (unpaired) electrons. The molecule has 0 saturated heterocycles. The maximum Gasteiger partial charge on any atom is 0.237 e. The molecule has 1 aromatic rings. The molecule has 92 valence electrons. The topological polar surface area (TPSA) is 20.3 Å². The Balaban J connectivity index is 2.44. The number of anilines is 1. The van der Waals surface area contributed by atoms with Crippen LogP contribution < -0.4 is 4.90 Å². The molecule has 1 aliphatic heterocycles. The number of amides is 1. The van der Waals surface area contributed by atoms with Crippen molar-refractivity contribution in [1.29, 1.82) is 0 Å². The third-order valence-electron chi connectivity index (χ3n) is 3.63. The van der Waals surface area contributed by atoms with E-state index < -0.39 is 0 Å². The third-order valence-corrected chi connectivity index (χ3v) is 3.63. The minimum absolute atomic E-state index is 0.242. The maximum absolute atomic E-state index is 12.4. The van der Waals surface area contributed by atoms with Gasteiger partial charge in [-0.1, -0.05) is 31.0 Å². The average Bonchev–Trinajstić information content (AvgIpc) is 2.47.